The van der Waals surface area contributed by atoms with Gasteiger partial charge >= 0.3 is 0 Å². The Bertz CT molecular complexity index is 576. The highest BCUT2D eigenvalue weighted by molar-refractivity contribution is 7.99. The van der Waals surface area contributed by atoms with Gasteiger partial charge in [-0.05, 0) is 44.0 Å². The van der Waals surface area contributed by atoms with Crippen LogP contribution in [0.15, 0.2) is 22.6 Å². The lowest BCUT2D eigenvalue weighted by Crippen LogP contribution is -2.21. The van der Waals surface area contributed by atoms with Crippen molar-refractivity contribution >= 4 is 11.8 Å². The fraction of sp³-hybridized carbons (Fsp3) is 0.500. The molecule has 1 unspecified atom stereocenters. The first-order valence-electron chi connectivity index (χ1n) is 6.75. The summed E-state index contributed by atoms with van der Waals surface area (Å²) in [5, 5.41) is 6.32. The summed E-state index contributed by atoms with van der Waals surface area (Å²) in [7, 11) is 1.95. The fourth-order valence-corrected chi connectivity index (χ4v) is 2.88. The summed E-state index contributed by atoms with van der Waals surface area (Å²) < 4.78 is 1.89. The molecule has 0 saturated heterocycles. The van der Waals surface area contributed by atoms with E-state index in [4.69, 9.17) is 5.73 Å². The van der Waals surface area contributed by atoms with Crippen molar-refractivity contribution in [3.05, 3.63) is 29.2 Å². The largest absolute Gasteiger partial charge is 0.327 e. The molecular formula is C14H21N5S. The van der Waals surface area contributed by atoms with Gasteiger partial charge < -0.3 is 5.73 Å². The molecule has 108 valence electrons. The number of hydrogen-bond acceptors (Lipinski definition) is 5. The summed E-state index contributed by atoms with van der Waals surface area (Å²) in [4.78, 5) is 8.69. The van der Waals surface area contributed by atoms with Crippen LogP contribution >= 0.6 is 11.8 Å². The molecule has 0 spiro atoms. The van der Waals surface area contributed by atoms with Gasteiger partial charge in [0, 0.05) is 31.0 Å². The van der Waals surface area contributed by atoms with Crippen molar-refractivity contribution < 1.29 is 0 Å². The minimum Gasteiger partial charge on any atom is -0.327 e. The molecule has 0 fully saturated rings. The third-order valence-electron chi connectivity index (χ3n) is 3.22. The Balaban J connectivity index is 2.28. The lowest BCUT2D eigenvalue weighted by Gasteiger charge is -2.10. The molecule has 0 aliphatic carbocycles. The van der Waals surface area contributed by atoms with Crippen molar-refractivity contribution in [2.24, 2.45) is 12.8 Å². The highest BCUT2D eigenvalue weighted by Crippen LogP contribution is 2.30. The fourth-order valence-electron chi connectivity index (χ4n) is 1.97. The van der Waals surface area contributed by atoms with Crippen molar-refractivity contribution in [2.75, 3.05) is 0 Å². The molecular weight excluding hydrogens is 270 g/mol. The topological polar surface area (TPSA) is 69.6 Å². The summed E-state index contributed by atoms with van der Waals surface area (Å²) in [6, 6.07) is 0.163. The van der Waals surface area contributed by atoms with Crippen molar-refractivity contribution in [3.63, 3.8) is 0 Å². The highest BCUT2D eigenvalue weighted by Gasteiger charge is 2.17. The van der Waals surface area contributed by atoms with Gasteiger partial charge in [-0.25, -0.2) is 9.97 Å². The van der Waals surface area contributed by atoms with Crippen LogP contribution in [0.5, 0.6) is 0 Å². The predicted molar refractivity (Wildman–Crippen MR) is 80.8 cm³/mol. The highest BCUT2D eigenvalue weighted by atomic mass is 32.2. The molecule has 6 heteroatoms. The van der Waals surface area contributed by atoms with Crippen molar-refractivity contribution in [2.45, 2.75) is 49.8 Å². The second-order valence-corrected chi connectivity index (χ2v) is 5.97. The molecule has 0 aliphatic heterocycles. The quantitative estimate of drug-likeness (QED) is 0.856. The van der Waals surface area contributed by atoms with Crippen LogP contribution in [-0.4, -0.2) is 25.8 Å². The Labute approximate surface area is 124 Å². The van der Waals surface area contributed by atoms with Gasteiger partial charge in [0.2, 0.25) is 0 Å². The van der Waals surface area contributed by atoms with E-state index in [0.29, 0.717) is 0 Å². The second kappa shape index (κ2) is 6.37. The van der Waals surface area contributed by atoms with E-state index in [9.17, 15) is 0 Å². The predicted octanol–water partition coefficient (Wildman–Crippen LogP) is 2.26. The van der Waals surface area contributed by atoms with Gasteiger partial charge in [0.05, 0.1) is 5.69 Å². The number of nitrogens with two attached hydrogens (primary N) is 1. The lowest BCUT2D eigenvalue weighted by atomic mass is 10.1. The van der Waals surface area contributed by atoms with Crippen molar-refractivity contribution in [1.29, 1.82) is 0 Å². The van der Waals surface area contributed by atoms with Crippen LogP contribution in [0.25, 0.3) is 0 Å². The zero-order valence-corrected chi connectivity index (χ0v) is 13.2. The van der Waals surface area contributed by atoms with Crippen molar-refractivity contribution in [3.8, 4) is 0 Å². The Morgan fingerprint density at radius 1 is 1.30 bits per heavy atom. The molecule has 0 radical (unpaired) electrons. The van der Waals surface area contributed by atoms with Crippen molar-refractivity contribution in [1.82, 2.24) is 19.7 Å². The van der Waals surface area contributed by atoms with E-state index in [1.165, 1.54) is 5.56 Å². The van der Waals surface area contributed by atoms with E-state index in [1.807, 2.05) is 38.0 Å². The number of hydrogen-bond donors (Lipinski definition) is 1. The summed E-state index contributed by atoms with van der Waals surface area (Å²) in [5.74, 6) is 0. The van der Waals surface area contributed by atoms with E-state index >= 15 is 0 Å². The second-order valence-electron chi connectivity index (χ2n) is 5.01. The summed E-state index contributed by atoms with van der Waals surface area (Å²) in [5.41, 5.74) is 9.38. The van der Waals surface area contributed by atoms with Crippen LogP contribution in [0.3, 0.4) is 0 Å². The maximum Gasteiger partial charge on any atom is 0.193 e. The summed E-state index contributed by atoms with van der Waals surface area (Å²) >= 11 is 1.55. The SMILES string of the molecule is CCC(N)Cc1c(C)nn(C)c1Sc1ncc(C)cn1. The Morgan fingerprint density at radius 3 is 2.55 bits per heavy atom. The normalized spacial score (nSPS) is 12.7. The Morgan fingerprint density at radius 2 is 1.95 bits per heavy atom. The average molecular weight is 291 g/mol. The van der Waals surface area contributed by atoms with Gasteiger partial charge in [-0.2, -0.15) is 5.10 Å². The third-order valence-corrected chi connectivity index (χ3v) is 4.32. The van der Waals surface area contributed by atoms with Crippen LogP contribution in [0.2, 0.25) is 0 Å². The molecule has 0 aromatic carbocycles. The standard InChI is InChI=1S/C14H21N5S/c1-5-11(15)6-12-10(3)18-19(4)13(12)20-14-16-7-9(2)8-17-14/h7-8,11H,5-6,15H2,1-4H3. The van der Waals surface area contributed by atoms with Gasteiger partial charge in [0.15, 0.2) is 5.16 Å². The molecule has 5 nitrogen and oxygen atoms in total. The first-order valence-corrected chi connectivity index (χ1v) is 7.57. The van der Waals surface area contributed by atoms with Crippen LogP contribution in [-0.2, 0) is 13.5 Å². The van der Waals surface area contributed by atoms with Gasteiger partial charge in [-0.3, -0.25) is 4.68 Å². The molecule has 2 aromatic rings. The molecule has 2 aromatic heterocycles. The molecule has 0 aliphatic rings. The van der Waals surface area contributed by atoms with Gasteiger partial charge in [0.1, 0.15) is 5.03 Å². The van der Waals surface area contributed by atoms with E-state index in [0.717, 1.165) is 34.3 Å². The summed E-state index contributed by atoms with van der Waals surface area (Å²) in [6.07, 6.45) is 5.45. The van der Waals surface area contributed by atoms with E-state index in [2.05, 4.69) is 22.0 Å². The van der Waals surface area contributed by atoms with Crippen LogP contribution in [0.4, 0.5) is 0 Å². The molecule has 0 saturated carbocycles. The first kappa shape index (κ1) is 15.0. The summed E-state index contributed by atoms with van der Waals surface area (Å²) in [6.45, 7) is 6.11. The molecule has 2 rings (SSSR count). The molecule has 20 heavy (non-hydrogen) atoms. The Kier molecular flexibility index (Phi) is 4.77. The molecule has 1 atom stereocenters. The smallest absolute Gasteiger partial charge is 0.193 e. The molecule has 2 heterocycles. The molecule has 0 bridgehead atoms. The van der Waals surface area contributed by atoms with Gasteiger partial charge in [0.25, 0.3) is 0 Å². The zero-order valence-electron chi connectivity index (χ0n) is 12.4. The zero-order chi connectivity index (χ0) is 14.7. The van der Waals surface area contributed by atoms with E-state index in [1.54, 1.807) is 11.8 Å². The number of aryl methyl sites for hydroxylation is 3. The molecule has 2 N–H and O–H groups in total. The third kappa shape index (κ3) is 3.37. The van der Waals surface area contributed by atoms with E-state index < -0.39 is 0 Å². The maximum absolute atomic E-state index is 6.09. The van der Waals surface area contributed by atoms with Gasteiger partial charge in [-0.15, -0.1) is 0 Å². The minimum atomic E-state index is 0.163. The first-order chi connectivity index (χ1) is 9.51. The van der Waals surface area contributed by atoms with E-state index in [-0.39, 0.29) is 6.04 Å². The van der Waals surface area contributed by atoms with Gasteiger partial charge in [-0.1, -0.05) is 6.92 Å². The van der Waals surface area contributed by atoms with Crippen LogP contribution in [0.1, 0.15) is 30.2 Å². The lowest BCUT2D eigenvalue weighted by molar-refractivity contribution is 0.631. The minimum absolute atomic E-state index is 0.163. The number of aromatic nitrogens is 4. The monoisotopic (exact) mass is 291 g/mol. The van der Waals surface area contributed by atoms with Crippen LogP contribution in [0, 0.1) is 13.8 Å². The number of rotatable bonds is 5. The Hall–Kier alpha value is -1.40. The molecule has 0 amide bonds. The maximum atomic E-state index is 6.09. The van der Waals surface area contributed by atoms with Crippen LogP contribution < -0.4 is 5.73 Å². The number of nitrogens with zero attached hydrogens (tertiary/aromatic N) is 4. The average Bonchev–Trinajstić information content (AvgIpc) is 2.68.